The summed E-state index contributed by atoms with van der Waals surface area (Å²) in [6.07, 6.45) is 2.04. The van der Waals surface area contributed by atoms with E-state index >= 15 is 0 Å². The highest BCUT2D eigenvalue weighted by Gasteiger charge is 2.40. The molecule has 1 heterocycles. The van der Waals surface area contributed by atoms with Crippen molar-refractivity contribution >= 4 is 58.9 Å². The molecule has 22 nitrogen and oxygen atoms in total. The molecule has 7 atom stereocenters. The number of Topliss-reactive ketones (excluding diaryl/α,β-unsaturated/α-hetero) is 2. The van der Waals surface area contributed by atoms with Crippen LogP contribution in [0.5, 0.6) is 0 Å². The first-order valence-electron chi connectivity index (χ1n) is 21.5. The fourth-order valence-corrected chi connectivity index (χ4v) is 7.13. The van der Waals surface area contributed by atoms with Gasteiger partial charge in [-0.05, 0) is 83.1 Å². The number of aliphatic hydroxyl groups excluding tert-OH is 1. The van der Waals surface area contributed by atoms with Gasteiger partial charge in [-0.3, -0.25) is 48.3 Å². The Balaban J connectivity index is 3.45. The molecule has 1 rings (SSSR count). The highest BCUT2D eigenvalue weighted by Crippen LogP contribution is 2.28. The van der Waals surface area contributed by atoms with Crippen LogP contribution in [0.3, 0.4) is 0 Å². The average molecular weight is 880 g/mol. The third-order valence-electron chi connectivity index (χ3n) is 10.6. The van der Waals surface area contributed by atoms with Gasteiger partial charge in [-0.1, -0.05) is 20.8 Å². The molecule has 22 heteroatoms. The van der Waals surface area contributed by atoms with Crippen molar-refractivity contribution in [1.29, 1.82) is 0 Å². The minimum atomic E-state index is -1.19. The molecule has 1 saturated heterocycles. The van der Waals surface area contributed by atoms with E-state index in [1.165, 1.54) is 11.8 Å². The zero-order chi connectivity index (χ0) is 46.9. The lowest BCUT2D eigenvalue weighted by molar-refractivity contribution is -0.143. The van der Waals surface area contributed by atoms with Crippen LogP contribution in [0.4, 0.5) is 0 Å². The molecule has 6 amide bonds. The molecule has 18 N–H and O–H groups in total. The lowest BCUT2D eigenvalue weighted by Crippen LogP contribution is -2.54. The van der Waals surface area contributed by atoms with Crippen molar-refractivity contribution in [3.8, 4) is 0 Å². The molecule has 0 aromatic rings. The summed E-state index contributed by atoms with van der Waals surface area (Å²) in [5.74, 6) is -7.85. The van der Waals surface area contributed by atoms with Crippen LogP contribution in [0.2, 0.25) is 0 Å². The number of unbranched alkanes of at least 4 members (excludes halogenated alkanes) is 1. The third kappa shape index (κ3) is 20.9. The molecule has 0 unspecified atom stereocenters. The summed E-state index contributed by atoms with van der Waals surface area (Å²) in [7, 11) is 0. The van der Waals surface area contributed by atoms with Crippen molar-refractivity contribution in [2.45, 2.75) is 135 Å². The molecule has 1 aliphatic rings. The van der Waals surface area contributed by atoms with Gasteiger partial charge in [0.05, 0.1) is 24.6 Å². The zero-order valence-electron chi connectivity index (χ0n) is 36.7. The second kappa shape index (κ2) is 29.0. The van der Waals surface area contributed by atoms with Gasteiger partial charge in [-0.25, -0.2) is 0 Å². The number of nitrogens with one attached hydrogen (secondary N) is 3. The van der Waals surface area contributed by atoms with Crippen LogP contribution in [0, 0.1) is 23.7 Å². The Bertz CT molecular complexity index is 1570. The molecular weight excluding hydrogens is 807 g/mol. The van der Waals surface area contributed by atoms with Gasteiger partial charge >= 0.3 is 0 Å². The first-order chi connectivity index (χ1) is 29.2. The number of guanidine groups is 2. The number of aliphatic imine (C=N–C) groups is 2. The first-order valence-corrected chi connectivity index (χ1v) is 21.5. The van der Waals surface area contributed by atoms with Crippen molar-refractivity contribution < 1.29 is 43.5 Å². The van der Waals surface area contributed by atoms with E-state index in [1.54, 1.807) is 0 Å². The van der Waals surface area contributed by atoms with Gasteiger partial charge in [0.15, 0.2) is 23.5 Å². The topological polar surface area (TPSA) is 403 Å². The Hall–Kier alpha value is -5.38. The van der Waals surface area contributed by atoms with Gasteiger partial charge in [0, 0.05) is 50.7 Å². The van der Waals surface area contributed by atoms with Crippen molar-refractivity contribution in [3.05, 3.63) is 0 Å². The third-order valence-corrected chi connectivity index (χ3v) is 10.6. The van der Waals surface area contributed by atoms with Gasteiger partial charge in [0.1, 0.15) is 12.1 Å². The molecule has 0 bridgehead atoms. The van der Waals surface area contributed by atoms with E-state index in [9.17, 15) is 43.5 Å². The largest absolute Gasteiger partial charge is 0.396 e. The normalized spacial score (nSPS) is 16.5. The Kier molecular flexibility index (Phi) is 25.6. The number of nitrogens with zero attached hydrogens (tertiary/aromatic N) is 3. The fourth-order valence-electron chi connectivity index (χ4n) is 7.13. The molecule has 352 valence electrons. The maximum absolute atomic E-state index is 14.4. The zero-order valence-corrected chi connectivity index (χ0v) is 36.7. The van der Waals surface area contributed by atoms with Crippen LogP contribution in [0.1, 0.15) is 111 Å². The predicted molar refractivity (Wildman–Crippen MR) is 233 cm³/mol. The summed E-state index contributed by atoms with van der Waals surface area (Å²) in [6, 6.07) is -4.19. The highest BCUT2D eigenvalue weighted by atomic mass is 16.3. The monoisotopic (exact) mass is 880 g/mol. The van der Waals surface area contributed by atoms with Crippen molar-refractivity contribution in [3.63, 3.8) is 0 Å². The van der Waals surface area contributed by atoms with Gasteiger partial charge in [-0.2, -0.15) is 0 Å². The number of carbonyl (C=O) groups is 8. The van der Waals surface area contributed by atoms with Crippen LogP contribution >= 0.6 is 0 Å². The molecule has 1 fully saturated rings. The summed E-state index contributed by atoms with van der Waals surface area (Å²) >= 11 is 0. The summed E-state index contributed by atoms with van der Waals surface area (Å²) < 4.78 is 0. The Morgan fingerprint density at radius 3 is 1.81 bits per heavy atom. The number of likely N-dealkylation sites (tertiary alicyclic amines) is 1. The van der Waals surface area contributed by atoms with E-state index in [1.807, 2.05) is 13.8 Å². The average Bonchev–Trinajstić information content (AvgIpc) is 3.70. The number of hydrogen-bond donors (Lipinski definition) is 11. The number of primary amides is 2. The van der Waals surface area contributed by atoms with E-state index < -0.39 is 95.5 Å². The summed E-state index contributed by atoms with van der Waals surface area (Å²) in [6.45, 7) is 5.53. The molecule has 0 saturated carbocycles. The van der Waals surface area contributed by atoms with Crippen LogP contribution in [-0.4, -0.2) is 126 Å². The summed E-state index contributed by atoms with van der Waals surface area (Å²) in [4.78, 5) is 116. The number of carbonyl (C=O) groups excluding carboxylic acids is 8. The summed E-state index contributed by atoms with van der Waals surface area (Å²) in [5.41, 5.74) is 38.6. The maximum atomic E-state index is 14.4. The Morgan fingerprint density at radius 2 is 1.27 bits per heavy atom. The highest BCUT2D eigenvalue weighted by molar-refractivity contribution is 5.97. The Labute approximate surface area is 364 Å². The quantitative estimate of drug-likeness (QED) is 0.0185. The minimum absolute atomic E-state index is 0.0281. The smallest absolute Gasteiger partial charge is 0.243 e. The van der Waals surface area contributed by atoms with Crippen LogP contribution in [0.15, 0.2) is 9.98 Å². The summed E-state index contributed by atoms with van der Waals surface area (Å²) in [5, 5.41) is 17.5. The lowest BCUT2D eigenvalue weighted by Gasteiger charge is -2.30. The van der Waals surface area contributed by atoms with Crippen LogP contribution in [-0.2, 0) is 38.4 Å². The van der Waals surface area contributed by atoms with E-state index in [-0.39, 0.29) is 102 Å². The number of hydrogen-bond acceptors (Lipinski definition) is 12. The van der Waals surface area contributed by atoms with Gasteiger partial charge in [-0.15, -0.1) is 0 Å². The van der Waals surface area contributed by atoms with Gasteiger partial charge < -0.3 is 66.1 Å². The van der Waals surface area contributed by atoms with Crippen molar-refractivity contribution in [2.75, 3.05) is 32.8 Å². The van der Waals surface area contributed by atoms with E-state index in [0.717, 1.165) is 0 Å². The van der Waals surface area contributed by atoms with Gasteiger partial charge in [0.25, 0.3) is 0 Å². The van der Waals surface area contributed by atoms with Gasteiger partial charge in [0.2, 0.25) is 35.4 Å². The molecule has 62 heavy (non-hydrogen) atoms. The molecule has 0 aromatic carbocycles. The second-order valence-electron chi connectivity index (χ2n) is 16.4. The molecule has 0 aliphatic carbocycles. The molecule has 1 aliphatic heterocycles. The fraction of sp³-hybridized carbons (Fsp3) is 0.750. The first kappa shape index (κ1) is 54.6. The molecule has 0 aromatic heterocycles. The number of rotatable bonds is 32. The number of amides is 6. The predicted octanol–water partition coefficient (Wildman–Crippen LogP) is -2.76. The minimum Gasteiger partial charge on any atom is -0.396 e. The van der Waals surface area contributed by atoms with Crippen LogP contribution < -0.4 is 56.1 Å². The Morgan fingerprint density at radius 1 is 0.694 bits per heavy atom. The molecule has 0 spiro atoms. The lowest BCUT2D eigenvalue weighted by atomic mass is 9.89. The number of nitrogens with two attached hydrogens (primary N) is 7. The van der Waals surface area contributed by atoms with Crippen molar-refractivity contribution in [1.82, 2.24) is 20.9 Å². The van der Waals surface area contributed by atoms with E-state index in [2.05, 4.69) is 25.9 Å². The van der Waals surface area contributed by atoms with E-state index in [0.29, 0.717) is 32.2 Å². The standard InChI is InChI=1S/C40H73N13O9/c1-23(2)19-29(34(43)58)52-37(61)28(11-4-5-15-41)51-36(60)25(9-6-16-48-39(44)45)20-32(56)30-12-8-18-53(30)38(62)26(10-7-17-49-40(46)47)21-31(55)27(13-14-33(42)57)50-35(59)24(3)22-54/h23-30,54H,4-22,41H2,1-3H3,(H2,42,57)(H2,43,58)(H,50,59)(H,51,60)(H,52,61)(H4,44,45,48)(H4,46,47,49)/t24-,25+,26+,27-,28-,29-,30-/m0/s1. The molecular formula is C40H73N13O9. The number of aliphatic hydroxyl groups is 1. The molecule has 0 radical (unpaired) electrons. The van der Waals surface area contributed by atoms with E-state index in [4.69, 9.17) is 40.1 Å². The second-order valence-corrected chi connectivity index (χ2v) is 16.4. The van der Waals surface area contributed by atoms with Crippen molar-refractivity contribution in [2.24, 2.45) is 73.8 Å². The SMILES string of the molecule is CC(C)C[C@H](NC(=O)[C@H](CCCCN)NC(=O)[C@H](CCCN=C(N)N)CC(=O)[C@@H]1CCCN1C(=O)[C@H](CCCN=C(N)N)CC(=O)[C@H](CCC(N)=O)NC(=O)[C@@H](C)CO)C(N)=O. The van der Waals surface area contributed by atoms with Crippen LogP contribution in [0.25, 0.3) is 0 Å². The number of ketones is 2. The maximum Gasteiger partial charge on any atom is 0.243 e.